The van der Waals surface area contributed by atoms with Crippen LogP contribution in [0.25, 0.3) is 0 Å². The highest BCUT2D eigenvalue weighted by Gasteiger charge is 2.22. The summed E-state index contributed by atoms with van der Waals surface area (Å²) in [7, 11) is 0. The molecule has 0 unspecified atom stereocenters. The SMILES string of the molecule is CC(=O)CCN(CCNc1ccc(Cl)c(Cl)c1C(N)=O)C(=O)OC(C)(C)C. The molecule has 1 rings (SSSR count). The molecule has 27 heavy (non-hydrogen) atoms. The summed E-state index contributed by atoms with van der Waals surface area (Å²) in [6.07, 6.45) is -0.298. The Kier molecular flexibility index (Phi) is 8.37. The Morgan fingerprint density at radius 1 is 1.19 bits per heavy atom. The first-order valence-corrected chi connectivity index (χ1v) is 9.17. The highest BCUT2D eigenvalue weighted by atomic mass is 35.5. The first-order valence-electron chi connectivity index (χ1n) is 8.41. The van der Waals surface area contributed by atoms with Gasteiger partial charge in [-0.15, -0.1) is 0 Å². The molecule has 0 aromatic heterocycles. The topological polar surface area (TPSA) is 102 Å². The summed E-state index contributed by atoms with van der Waals surface area (Å²) in [4.78, 5) is 36.7. The maximum absolute atomic E-state index is 12.3. The molecule has 0 aliphatic heterocycles. The number of nitrogens with two attached hydrogens (primary N) is 1. The van der Waals surface area contributed by atoms with E-state index in [-0.39, 0.29) is 47.4 Å². The molecule has 9 heteroatoms. The maximum atomic E-state index is 12.3. The second-order valence-electron chi connectivity index (χ2n) is 6.99. The Morgan fingerprint density at radius 3 is 2.33 bits per heavy atom. The zero-order chi connectivity index (χ0) is 20.8. The van der Waals surface area contributed by atoms with Gasteiger partial charge < -0.3 is 20.7 Å². The van der Waals surface area contributed by atoms with E-state index >= 15 is 0 Å². The van der Waals surface area contributed by atoms with Crippen LogP contribution in [0.15, 0.2) is 12.1 Å². The molecular formula is C18H25Cl2N3O4. The summed E-state index contributed by atoms with van der Waals surface area (Å²) in [6, 6.07) is 3.13. The van der Waals surface area contributed by atoms with Crippen LogP contribution in [0.2, 0.25) is 10.0 Å². The molecular weight excluding hydrogens is 393 g/mol. The first-order chi connectivity index (χ1) is 12.4. The van der Waals surface area contributed by atoms with Gasteiger partial charge in [-0.05, 0) is 39.8 Å². The zero-order valence-corrected chi connectivity index (χ0v) is 17.4. The van der Waals surface area contributed by atoms with Gasteiger partial charge in [-0.1, -0.05) is 23.2 Å². The number of hydrogen-bond acceptors (Lipinski definition) is 5. The van der Waals surface area contributed by atoms with Gasteiger partial charge in [0.25, 0.3) is 5.91 Å². The average molecular weight is 418 g/mol. The number of carbonyl (C=O) groups is 3. The van der Waals surface area contributed by atoms with Crippen molar-refractivity contribution in [2.24, 2.45) is 5.73 Å². The Balaban J connectivity index is 2.84. The smallest absolute Gasteiger partial charge is 0.410 e. The quantitative estimate of drug-likeness (QED) is 0.670. The number of Topliss-reactive ketones (excluding diaryl/α,β-unsaturated/α-hetero) is 1. The monoisotopic (exact) mass is 417 g/mol. The van der Waals surface area contributed by atoms with Crippen LogP contribution in [0.1, 0.15) is 44.5 Å². The summed E-state index contributed by atoms with van der Waals surface area (Å²) in [6.45, 7) is 7.52. The lowest BCUT2D eigenvalue weighted by Crippen LogP contribution is -2.40. The lowest BCUT2D eigenvalue weighted by Gasteiger charge is -2.27. The van der Waals surface area contributed by atoms with Crippen LogP contribution in [0.5, 0.6) is 0 Å². The molecule has 1 aromatic carbocycles. The normalized spacial score (nSPS) is 11.0. The third-order valence-electron chi connectivity index (χ3n) is 3.42. The van der Waals surface area contributed by atoms with E-state index in [1.165, 1.54) is 11.8 Å². The van der Waals surface area contributed by atoms with Gasteiger partial charge in [0.2, 0.25) is 0 Å². The predicted molar refractivity (Wildman–Crippen MR) is 107 cm³/mol. The Morgan fingerprint density at radius 2 is 1.81 bits per heavy atom. The van der Waals surface area contributed by atoms with Crippen LogP contribution in [0.4, 0.5) is 10.5 Å². The molecule has 0 atom stereocenters. The van der Waals surface area contributed by atoms with Crippen molar-refractivity contribution in [3.8, 4) is 0 Å². The van der Waals surface area contributed by atoms with Gasteiger partial charge in [-0.25, -0.2) is 4.79 Å². The minimum atomic E-state index is -0.717. The van der Waals surface area contributed by atoms with Gasteiger partial charge >= 0.3 is 6.09 Å². The van der Waals surface area contributed by atoms with E-state index in [1.54, 1.807) is 32.9 Å². The van der Waals surface area contributed by atoms with Gasteiger partial charge in [-0.2, -0.15) is 0 Å². The van der Waals surface area contributed by atoms with Crippen molar-refractivity contribution in [2.75, 3.05) is 25.0 Å². The van der Waals surface area contributed by atoms with E-state index in [1.807, 2.05) is 0 Å². The van der Waals surface area contributed by atoms with Crippen LogP contribution in [0.3, 0.4) is 0 Å². The summed E-state index contributed by atoms with van der Waals surface area (Å²) >= 11 is 12.0. The van der Waals surface area contributed by atoms with Crippen LogP contribution in [-0.2, 0) is 9.53 Å². The summed E-state index contributed by atoms with van der Waals surface area (Å²) < 4.78 is 5.37. The third kappa shape index (κ3) is 7.64. The standard InChI is InChI=1S/C18H25Cl2N3O4/c1-11(24)7-9-23(17(26)27-18(2,3)4)10-8-22-13-6-5-12(19)15(20)14(13)16(21)25/h5-6,22H,7-10H2,1-4H3,(H2,21,25). The van der Waals surface area contributed by atoms with Gasteiger partial charge in [-0.3, -0.25) is 9.59 Å². The molecule has 0 heterocycles. The lowest BCUT2D eigenvalue weighted by atomic mass is 10.1. The van der Waals surface area contributed by atoms with E-state index in [0.717, 1.165) is 0 Å². The molecule has 0 saturated heterocycles. The highest BCUT2D eigenvalue weighted by molar-refractivity contribution is 6.44. The first kappa shape index (κ1) is 23.0. The molecule has 0 bridgehead atoms. The number of hydrogen-bond donors (Lipinski definition) is 2. The Labute approximate surface area is 169 Å². The van der Waals surface area contributed by atoms with Gasteiger partial charge in [0.05, 0.1) is 15.6 Å². The number of carbonyl (C=O) groups excluding carboxylic acids is 3. The lowest BCUT2D eigenvalue weighted by molar-refractivity contribution is -0.117. The van der Waals surface area contributed by atoms with Crippen molar-refractivity contribution in [3.05, 3.63) is 27.7 Å². The number of amides is 2. The van der Waals surface area contributed by atoms with Gasteiger partial charge in [0.1, 0.15) is 11.4 Å². The number of benzene rings is 1. The number of halogens is 2. The number of ether oxygens (including phenoxy) is 1. The van der Waals surface area contributed by atoms with Crippen LogP contribution >= 0.6 is 23.2 Å². The molecule has 3 N–H and O–H groups in total. The Bertz CT molecular complexity index is 717. The second-order valence-corrected chi connectivity index (χ2v) is 7.78. The van der Waals surface area contributed by atoms with Crippen LogP contribution in [0, 0.1) is 0 Å². The van der Waals surface area contributed by atoms with Crippen molar-refractivity contribution in [1.29, 1.82) is 0 Å². The fourth-order valence-electron chi connectivity index (χ4n) is 2.18. The molecule has 0 radical (unpaired) electrons. The maximum Gasteiger partial charge on any atom is 0.410 e. The Hall–Kier alpha value is -1.99. The summed E-state index contributed by atoms with van der Waals surface area (Å²) in [5.41, 5.74) is 5.21. The molecule has 0 fully saturated rings. The summed E-state index contributed by atoms with van der Waals surface area (Å²) in [5, 5.41) is 3.30. The number of primary amides is 1. The highest BCUT2D eigenvalue weighted by Crippen LogP contribution is 2.31. The molecule has 0 spiro atoms. The van der Waals surface area contributed by atoms with Crippen molar-refractivity contribution in [1.82, 2.24) is 4.90 Å². The number of nitrogens with one attached hydrogen (secondary N) is 1. The zero-order valence-electron chi connectivity index (χ0n) is 15.9. The molecule has 0 aliphatic carbocycles. The van der Waals surface area contributed by atoms with Gasteiger partial charge in [0, 0.05) is 31.7 Å². The number of anilines is 1. The van der Waals surface area contributed by atoms with Crippen molar-refractivity contribution in [2.45, 2.75) is 39.7 Å². The van der Waals surface area contributed by atoms with Crippen LogP contribution in [-0.4, -0.2) is 47.9 Å². The van der Waals surface area contributed by atoms with E-state index in [9.17, 15) is 14.4 Å². The largest absolute Gasteiger partial charge is 0.444 e. The molecule has 150 valence electrons. The van der Waals surface area contributed by atoms with Crippen LogP contribution < -0.4 is 11.1 Å². The fourth-order valence-corrected chi connectivity index (χ4v) is 2.59. The minimum Gasteiger partial charge on any atom is -0.444 e. The molecule has 1 aromatic rings. The van der Waals surface area contributed by atoms with Crippen molar-refractivity contribution >= 4 is 46.7 Å². The average Bonchev–Trinajstić information content (AvgIpc) is 2.51. The van der Waals surface area contributed by atoms with Gasteiger partial charge in [0.15, 0.2) is 0 Å². The number of ketones is 1. The van der Waals surface area contributed by atoms with Crippen molar-refractivity contribution in [3.63, 3.8) is 0 Å². The summed E-state index contributed by atoms with van der Waals surface area (Å²) in [5.74, 6) is -0.748. The molecule has 0 aliphatic rings. The fraction of sp³-hybridized carbons (Fsp3) is 0.500. The van der Waals surface area contributed by atoms with E-state index in [0.29, 0.717) is 5.69 Å². The second kappa shape index (κ2) is 9.80. The minimum absolute atomic E-state index is 0.0305. The third-order valence-corrected chi connectivity index (χ3v) is 4.23. The number of rotatable bonds is 8. The van der Waals surface area contributed by atoms with E-state index in [4.69, 9.17) is 33.7 Å². The van der Waals surface area contributed by atoms with E-state index in [2.05, 4.69) is 5.32 Å². The van der Waals surface area contributed by atoms with E-state index < -0.39 is 17.6 Å². The number of nitrogens with zero attached hydrogens (tertiary/aromatic N) is 1. The molecule has 2 amide bonds. The molecule has 7 nitrogen and oxygen atoms in total. The predicted octanol–water partition coefficient (Wildman–Crippen LogP) is 3.72. The molecule has 0 saturated carbocycles. The van der Waals surface area contributed by atoms with Crippen molar-refractivity contribution < 1.29 is 19.1 Å².